The number of ether oxygens (including phenoxy) is 1. The Bertz CT molecular complexity index is 1020. The van der Waals surface area contributed by atoms with E-state index in [1.54, 1.807) is 0 Å². The topological polar surface area (TPSA) is 15.7 Å². The van der Waals surface area contributed by atoms with Gasteiger partial charge in [0.1, 0.15) is 0 Å². The molecule has 2 unspecified atom stereocenters. The van der Waals surface area contributed by atoms with Crippen molar-refractivity contribution in [3.05, 3.63) is 82.9 Å². The van der Waals surface area contributed by atoms with Crippen molar-refractivity contribution in [1.82, 2.24) is 9.80 Å². The number of likely N-dealkylation sites (N-methyl/N-ethyl adjacent to an activating group) is 1. The molecule has 0 bridgehead atoms. The summed E-state index contributed by atoms with van der Waals surface area (Å²) in [7, 11) is 2.25. The normalized spacial score (nSPS) is 21.5. The molecule has 30 heavy (non-hydrogen) atoms. The Balaban J connectivity index is 1.42. The third-order valence-electron chi connectivity index (χ3n) is 6.86. The van der Waals surface area contributed by atoms with Gasteiger partial charge >= 0.3 is 0 Å². The van der Waals surface area contributed by atoms with Crippen molar-refractivity contribution in [3.8, 4) is 0 Å². The Hall–Kier alpha value is -2.20. The SMILES string of the molecule is CC(CN1CCOCC1)c1ccc2c(c1)CN(C)CC2c1ccc2ccccc2c1. The largest absolute Gasteiger partial charge is 0.379 e. The number of nitrogens with zero attached hydrogens (tertiary/aromatic N) is 2. The van der Waals surface area contributed by atoms with E-state index >= 15 is 0 Å². The summed E-state index contributed by atoms with van der Waals surface area (Å²) in [6, 6.07) is 22.9. The van der Waals surface area contributed by atoms with Crippen LogP contribution >= 0.6 is 0 Å². The van der Waals surface area contributed by atoms with Crippen LogP contribution in [0.2, 0.25) is 0 Å². The first-order chi connectivity index (χ1) is 14.7. The number of fused-ring (bicyclic) bond motifs is 2. The van der Waals surface area contributed by atoms with Crippen molar-refractivity contribution < 1.29 is 4.74 Å². The molecule has 2 atom stereocenters. The standard InChI is InChI=1S/C27H32N2O/c1-20(17-29-11-13-30-14-12-29)22-9-10-26-25(15-22)18-28(2)19-27(26)24-8-7-21-5-3-4-6-23(21)16-24/h3-10,15-16,20,27H,11-14,17-19H2,1-2H3. The highest BCUT2D eigenvalue weighted by Gasteiger charge is 2.26. The van der Waals surface area contributed by atoms with Crippen LogP contribution in [-0.2, 0) is 11.3 Å². The zero-order chi connectivity index (χ0) is 20.5. The van der Waals surface area contributed by atoms with E-state index in [1.165, 1.54) is 33.0 Å². The molecule has 0 spiro atoms. The lowest BCUT2D eigenvalue weighted by atomic mass is 9.82. The predicted octanol–water partition coefficient (Wildman–Crippen LogP) is 4.85. The molecule has 0 aliphatic carbocycles. The number of morpholine rings is 1. The van der Waals surface area contributed by atoms with Gasteiger partial charge in [0, 0.05) is 38.6 Å². The van der Waals surface area contributed by atoms with Gasteiger partial charge in [0.2, 0.25) is 0 Å². The quantitative estimate of drug-likeness (QED) is 0.622. The third kappa shape index (κ3) is 4.02. The highest BCUT2D eigenvalue weighted by molar-refractivity contribution is 5.83. The van der Waals surface area contributed by atoms with Gasteiger partial charge in [0.25, 0.3) is 0 Å². The Morgan fingerprint density at radius 2 is 1.77 bits per heavy atom. The van der Waals surface area contributed by atoms with Gasteiger partial charge in [-0.3, -0.25) is 4.90 Å². The number of hydrogen-bond donors (Lipinski definition) is 0. The van der Waals surface area contributed by atoms with E-state index in [0.717, 1.165) is 45.9 Å². The predicted molar refractivity (Wildman–Crippen MR) is 124 cm³/mol. The molecule has 1 fully saturated rings. The molecule has 5 rings (SSSR count). The smallest absolute Gasteiger partial charge is 0.0594 e. The van der Waals surface area contributed by atoms with Crippen LogP contribution in [0.1, 0.15) is 41.0 Å². The number of rotatable bonds is 4. The zero-order valence-electron chi connectivity index (χ0n) is 18.2. The van der Waals surface area contributed by atoms with Crippen molar-refractivity contribution in [1.29, 1.82) is 0 Å². The first-order valence-corrected chi connectivity index (χ1v) is 11.3. The van der Waals surface area contributed by atoms with E-state index in [0.29, 0.717) is 11.8 Å². The Morgan fingerprint density at radius 1 is 0.967 bits per heavy atom. The zero-order valence-corrected chi connectivity index (χ0v) is 18.2. The minimum absolute atomic E-state index is 0.437. The molecule has 3 nitrogen and oxygen atoms in total. The van der Waals surface area contributed by atoms with Crippen molar-refractivity contribution in [2.45, 2.75) is 25.3 Å². The van der Waals surface area contributed by atoms with Gasteiger partial charge in [-0.2, -0.15) is 0 Å². The first kappa shape index (κ1) is 19.7. The van der Waals surface area contributed by atoms with Crippen molar-refractivity contribution in [2.24, 2.45) is 0 Å². The second-order valence-corrected chi connectivity index (χ2v) is 9.13. The third-order valence-corrected chi connectivity index (χ3v) is 6.86. The fourth-order valence-corrected chi connectivity index (χ4v) is 5.16. The minimum Gasteiger partial charge on any atom is -0.379 e. The van der Waals surface area contributed by atoms with E-state index in [4.69, 9.17) is 4.74 Å². The van der Waals surface area contributed by atoms with Crippen LogP contribution in [0.4, 0.5) is 0 Å². The maximum atomic E-state index is 5.51. The van der Waals surface area contributed by atoms with Gasteiger partial charge in [-0.25, -0.2) is 0 Å². The van der Waals surface area contributed by atoms with Gasteiger partial charge in [-0.05, 0) is 46.0 Å². The molecule has 2 aliphatic rings. The molecule has 3 aromatic rings. The maximum absolute atomic E-state index is 5.51. The Morgan fingerprint density at radius 3 is 2.60 bits per heavy atom. The molecule has 3 aromatic carbocycles. The highest BCUT2D eigenvalue weighted by atomic mass is 16.5. The van der Waals surface area contributed by atoms with E-state index in [9.17, 15) is 0 Å². The van der Waals surface area contributed by atoms with E-state index < -0.39 is 0 Å². The van der Waals surface area contributed by atoms with Gasteiger partial charge in [-0.1, -0.05) is 67.6 Å². The van der Waals surface area contributed by atoms with Crippen LogP contribution in [0.25, 0.3) is 10.8 Å². The Labute approximate surface area is 180 Å². The lowest BCUT2D eigenvalue weighted by Crippen LogP contribution is -2.38. The van der Waals surface area contributed by atoms with Crippen LogP contribution in [0.5, 0.6) is 0 Å². The molecule has 2 aliphatic heterocycles. The average molecular weight is 401 g/mol. The van der Waals surface area contributed by atoms with Gasteiger partial charge in [-0.15, -0.1) is 0 Å². The van der Waals surface area contributed by atoms with Crippen LogP contribution < -0.4 is 0 Å². The monoisotopic (exact) mass is 400 g/mol. The molecular formula is C27H32N2O. The molecule has 0 amide bonds. The fourth-order valence-electron chi connectivity index (χ4n) is 5.16. The molecule has 3 heteroatoms. The molecule has 0 radical (unpaired) electrons. The summed E-state index contributed by atoms with van der Waals surface area (Å²) >= 11 is 0. The number of benzene rings is 3. The molecule has 2 heterocycles. The summed E-state index contributed by atoms with van der Waals surface area (Å²) in [6.07, 6.45) is 0. The summed E-state index contributed by atoms with van der Waals surface area (Å²) in [5.41, 5.74) is 5.89. The van der Waals surface area contributed by atoms with E-state index in [1.807, 2.05) is 0 Å². The lowest BCUT2D eigenvalue weighted by Gasteiger charge is -2.34. The maximum Gasteiger partial charge on any atom is 0.0594 e. The molecule has 0 aromatic heterocycles. The summed E-state index contributed by atoms with van der Waals surface area (Å²) in [6.45, 7) is 9.45. The second-order valence-electron chi connectivity index (χ2n) is 9.13. The average Bonchev–Trinajstić information content (AvgIpc) is 2.78. The lowest BCUT2D eigenvalue weighted by molar-refractivity contribution is 0.0357. The molecule has 0 saturated carbocycles. The van der Waals surface area contributed by atoms with Crippen LogP contribution in [0.15, 0.2) is 60.7 Å². The molecule has 0 N–H and O–H groups in total. The fraction of sp³-hybridized carbons (Fsp3) is 0.407. The molecule has 156 valence electrons. The Kier molecular flexibility index (Phi) is 5.60. The number of hydrogen-bond acceptors (Lipinski definition) is 3. The summed E-state index contributed by atoms with van der Waals surface area (Å²) in [5.74, 6) is 0.978. The van der Waals surface area contributed by atoms with Crippen LogP contribution in [-0.4, -0.2) is 56.2 Å². The van der Waals surface area contributed by atoms with Gasteiger partial charge in [0.05, 0.1) is 13.2 Å². The molecular weight excluding hydrogens is 368 g/mol. The van der Waals surface area contributed by atoms with Crippen molar-refractivity contribution in [2.75, 3.05) is 46.4 Å². The second kappa shape index (κ2) is 8.50. The van der Waals surface area contributed by atoms with E-state index in [-0.39, 0.29) is 0 Å². The van der Waals surface area contributed by atoms with Crippen LogP contribution in [0.3, 0.4) is 0 Å². The first-order valence-electron chi connectivity index (χ1n) is 11.3. The van der Waals surface area contributed by atoms with Crippen LogP contribution in [0, 0.1) is 0 Å². The van der Waals surface area contributed by atoms with Crippen molar-refractivity contribution in [3.63, 3.8) is 0 Å². The summed E-state index contributed by atoms with van der Waals surface area (Å²) < 4.78 is 5.51. The highest BCUT2D eigenvalue weighted by Crippen LogP contribution is 2.36. The minimum atomic E-state index is 0.437. The van der Waals surface area contributed by atoms with Gasteiger partial charge < -0.3 is 9.64 Å². The summed E-state index contributed by atoms with van der Waals surface area (Å²) in [4.78, 5) is 5.01. The molecule has 1 saturated heterocycles. The summed E-state index contributed by atoms with van der Waals surface area (Å²) in [5, 5.41) is 2.65. The van der Waals surface area contributed by atoms with Crippen molar-refractivity contribution >= 4 is 10.8 Å². The van der Waals surface area contributed by atoms with Gasteiger partial charge in [0.15, 0.2) is 0 Å². The van der Waals surface area contributed by atoms with E-state index in [2.05, 4.69) is 84.4 Å².